The Balaban J connectivity index is 1.40. The Bertz CT molecular complexity index is 1220. The van der Waals surface area contributed by atoms with Gasteiger partial charge in [0, 0.05) is 31.2 Å². The topological polar surface area (TPSA) is 121 Å². The van der Waals surface area contributed by atoms with E-state index in [4.69, 9.17) is 4.74 Å². The van der Waals surface area contributed by atoms with Crippen molar-refractivity contribution in [3.63, 3.8) is 0 Å². The van der Waals surface area contributed by atoms with Crippen LogP contribution >= 0.6 is 0 Å². The van der Waals surface area contributed by atoms with Crippen molar-refractivity contribution in [2.45, 2.75) is 19.2 Å². The predicted octanol–water partition coefficient (Wildman–Crippen LogP) is 2.09. The van der Waals surface area contributed by atoms with Crippen molar-refractivity contribution in [3.05, 3.63) is 71.0 Å². The lowest BCUT2D eigenvalue weighted by Crippen LogP contribution is -2.49. The van der Waals surface area contributed by atoms with Gasteiger partial charge in [-0.3, -0.25) is 29.7 Å². The number of rotatable bonds is 6. The zero-order valence-electron chi connectivity index (χ0n) is 17.2. The van der Waals surface area contributed by atoms with E-state index in [1.54, 1.807) is 46.2 Å². The van der Waals surface area contributed by atoms with E-state index >= 15 is 0 Å². The third kappa shape index (κ3) is 3.21. The summed E-state index contributed by atoms with van der Waals surface area (Å²) in [4.78, 5) is 46.3. The average molecular weight is 432 g/mol. The molecule has 5 rings (SSSR count). The van der Waals surface area contributed by atoms with Crippen LogP contribution < -0.4 is 10.2 Å². The summed E-state index contributed by atoms with van der Waals surface area (Å²) in [6.45, 7) is 0.368. The highest BCUT2D eigenvalue weighted by Gasteiger charge is 2.47. The number of nitrogens with zero attached hydrogens (tertiary/aromatic N) is 4. The predicted molar refractivity (Wildman–Crippen MR) is 114 cm³/mol. The number of fused-ring (bicyclic) bond motifs is 5. The van der Waals surface area contributed by atoms with Gasteiger partial charge < -0.3 is 9.64 Å². The highest BCUT2D eigenvalue weighted by atomic mass is 16.5. The molecule has 3 heterocycles. The summed E-state index contributed by atoms with van der Waals surface area (Å²) in [6, 6.07) is 14.3. The van der Waals surface area contributed by atoms with Crippen LogP contribution in [0.15, 0.2) is 48.5 Å². The first-order valence-electron chi connectivity index (χ1n) is 10.1. The number of benzene rings is 2. The van der Waals surface area contributed by atoms with Gasteiger partial charge in [-0.2, -0.15) is 4.98 Å². The van der Waals surface area contributed by atoms with E-state index in [9.17, 15) is 14.4 Å². The SMILES string of the molecule is COCc1nc(NC(=O)CCN2C(=O)c3ccccc3N3C(=O)c4ccccc4[C@H]23)n[nH]1. The van der Waals surface area contributed by atoms with Crippen LogP contribution in [0.5, 0.6) is 0 Å². The van der Waals surface area contributed by atoms with Crippen molar-refractivity contribution in [1.82, 2.24) is 20.1 Å². The van der Waals surface area contributed by atoms with Gasteiger partial charge >= 0.3 is 0 Å². The lowest BCUT2D eigenvalue weighted by molar-refractivity contribution is -0.116. The van der Waals surface area contributed by atoms with Crippen molar-refractivity contribution in [1.29, 1.82) is 0 Å². The lowest BCUT2D eigenvalue weighted by Gasteiger charge is -2.40. The Hall–Kier alpha value is -4.05. The molecule has 0 radical (unpaired) electrons. The first-order chi connectivity index (χ1) is 15.6. The maximum Gasteiger partial charge on any atom is 0.260 e. The molecule has 3 amide bonds. The summed E-state index contributed by atoms with van der Waals surface area (Å²) >= 11 is 0. The number of carbonyl (C=O) groups excluding carboxylic acids is 3. The lowest BCUT2D eigenvalue weighted by atomic mass is 10.0. The second-order valence-electron chi connectivity index (χ2n) is 7.49. The maximum atomic E-state index is 13.3. The number of aromatic nitrogens is 3. The van der Waals surface area contributed by atoms with Crippen LogP contribution in [-0.4, -0.2) is 51.5 Å². The minimum absolute atomic E-state index is 0.0166. The van der Waals surface area contributed by atoms with Gasteiger partial charge in [0.15, 0.2) is 5.82 Å². The summed E-state index contributed by atoms with van der Waals surface area (Å²) in [5.74, 6) is -0.0997. The molecule has 0 unspecified atom stereocenters. The standard InChI is InChI=1S/C22H20N6O4/c1-32-12-17-23-22(26-25-17)24-18(29)10-11-27-19-13-6-2-3-7-14(13)21(31)28(19)16-9-5-4-8-15(16)20(27)30/h2-9,19H,10-12H2,1H3,(H2,23,24,25,26,29)/t19-/m1/s1. The Morgan fingerprint density at radius 1 is 1.09 bits per heavy atom. The molecule has 0 aliphatic carbocycles. The van der Waals surface area contributed by atoms with Crippen molar-refractivity contribution >= 4 is 29.4 Å². The van der Waals surface area contributed by atoms with Crippen LogP contribution in [0.2, 0.25) is 0 Å². The normalized spacial score (nSPS) is 16.6. The van der Waals surface area contributed by atoms with E-state index in [-0.39, 0.29) is 43.2 Å². The molecule has 162 valence electrons. The number of carbonyl (C=O) groups is 3. The first kappa shape index (κ1) is 19.9. The number of anilines is 2. The molecular weight excluding hydrogens is 412 g/mol. The van der Waals surface area contributed by atoms with Gasteiger partial charge in [-0.15, -0.1) is 5.10 Å². The molecule has 0 saturated heterocycles. The van der Waals surface area contributed by atoms with E-state index in [0.717, 1.165) is 5.56 Å². The Morgan fingerprint density at radius 3 is 2.66 bits per heavy atom. The van der Waals surface area contributed by atoms with Gasteiger partial charge in [0.25, 0.3) is 11.8 Å². The molecule has 2 aliphatic rings. The summed E-state index contributed by atoms with van der Waals surface area (Å²) in [7, 11) is 1.53. The monoisotopic (exact) mass is 432 g/mol. The fourth-order valence-corrected chi connectivity index (χ4v) is 4.16. The van der Waals surface area contributed by atoms with Crippen LogP contribution in [0.25, 0.3) is 0 Å². The summed E-state index contributed by atoms with van der Waals surface area (Å²) in [6.07, 6.45) is -0.575. The molecule has 0 fully saturated rings. The summed E-state index contributed by atoms with van der Waals surface area (Å²) in [5.41, 5.74) is 2.32. The summed E-state index contributed by atoms with van der Waals surface area (Å²) < 4.78 is 4.97. The molecule has 2 aromatic carbocycles. The fraction of sp³-hybridized carbons (Fsp3) is 0.227. The molecule has 0 spiro atoms. The van der Waals surface area contributed by atoms with E-state index in [0.29, 0.717) is 22.6 Å². The van der Waals surface area contributed by atoms with Crippen LogP contribution in [0, 0.1) is 0 Å². The van der Waals surface area contributed by atoms with Gasteiger partial charge in [-0.25, -0.2) is 0 Å². The van der Waals surface area contributed by atoms with E-state index in [2.05, 4.69) is 20.5 Å². The van der Waals surface area contributed by atoms with Gasteiger partial charge in [-0.05, 0) is 18.2 Å². The zero-order valence-corrected chi connectivity index (χ0v) is 17.2. The quantitative estimate of drug-likeness (QED) is 0.615. The molecule has 2 N–H and O–H groups in total. The second-order valence-corrected chi connectivity index (χ2v) is 7.49. The maximum absolute atomic E-state index is 13.3. The van der Waals surface area contributed by atoms with Crippen molar-refractivity contribution in [2.24, 2.45) is 0 Å². The van der Waals surface area contributed by atoms with Crippen LogP contribution in [0.3, 0.4) is 0 Å². The van der Waals surface area contributed by atoms with E-state index in [1.807, 2.05) is 12.1 Å². The molecule has 10 nitrogen and oxygen atoms in total. The molecule has 2 aliphatic heterocycles. The molecule has 3 aromatic rings. The summed E-state index contributed by atoms with van der Waals surface area (Å²) in [5, 5.41) is 9.21. The second kappa shape index (κ2) is 7.89. The molecule has 1 aromatic heterocycles. The van der Waals surface area contributed by atoms with Crippen LogP contribution in [0.4, 0.5) is 11.6 Å². The van der Waals surface area contributed by atoms with Crippen molar-refractivity contribution in [2.75, 3.05) is 23.9 Å². The van der Waals surface area contributed by atoms with Crippen LogP contribution in [-0.2, 0) is 16.1 Å². The number of methoxy groups -OCH3 is 1. The minimum atomic E-state index is -0.592. The average Bonchev–Trinajstić information content (AvgIpc) is 3.36. The Morgan fingerprint density at radius 2 is 1.84 bits per heavy atom. The van der Waals surface area contributed by atoms with Crippen molar-refractivity contribution in [3.8, 4) is 0 Å². The number of para-hydroxylation sites is 1. The molecule has 10 heteroatoms. The number of amides is 3. The smallest absolute Gasteiger partial charge is 0.260 e. The third-order valence-corrected chi connectivity index (χ3v) is 5.53. The van der Waals surface area contributed by atoms with Crippen molar-refractivity contribution < 1.29 is 19.1 Å². The van der Waals surface area contributed by atoms with Gasteiger partial charge in [0.2, 0.25) is 11.9 Å². The zero-order chi connectivity index (χ0) is 22.2. The number of hydrogen-bond donors (Lipinski definition) is 2. The van der Waals surface area contributed by atoms with Crippen LogP contribution in [0.1, 0.15) is 44.7 Å². The molecule has 0 saturated carbocycles. The number of hydrogen-bond acceptors (Lipinski definition) is 6. The highest BCUT2D eigenvalue weighted by Crippen LogP contribution is 2.45. The van der Waals surface area contributed by atoms with Gasteiger partial charge in [-0.1, -0.05) is 30.3 Å². The highest BCUT2D eigenvalue weighted by molar-refractivity contribution is 6.16. The first-order valence-corrected chi connectivity index (χ1v) is 10.1. The Kier molecular flexibility index (Phi) is 4.91. The van der Waals surface area contributed by atoms with Gasteiger partial charge in [0.05, 0.1) is 11.3 Å². The molecule has 32 heavy (non-hydrogen) atoms. The molecule has 1 atom stereocenters. The molecular formula is C22H20N6O4. The Labute approximate surface area is 183 Å². The number of nitrogens with one attached hydrogen (secondary N) is 2. The largest absolute Gasteiger partial charge is 0.377 e. The minimum Gasteiger partial charge on any atom is -0.377 e. The van der Waals surface area contributed by atoms with Gasteiger partial charge in [0.1, 0.15) is 12.8 Å². The number of ether oxygens (including phenoxy) is 1. The number of aromatic amines is 1. The van der Waals surface area contributed by atoms with E-state index in [1.165, 1.54) is 7.11 Å². The fourth-order valence-electron chi connectivity index (χ4n) is 4.16. The molecule has 0 bridgehead atoms. The van der Waals surface area contributed by atoms with E-state index < -0.39 is 6.17 Å². The number of H-pyrrole nitrogens is 1. The third-order valence-electron chi connectivity index (χ3n) is 5.53.